The molecule has 0 aromatic carbocycles. The summed E-state index contributed by atoms with van der Waals surface area (Å²) in [5.41, 5.74) is 1.27. The van der Waals surface area contributed by atoms with Crippen LogP contribution < -0.4 is 0 Å². The van der Waals surface area contributed by atoms with E-state index in [1.54, 1.807) is 22.7 Å². The molecule has 0 saturated carbocycles. The van der Waals surface area contributed by atoms with Gasteiger partial charge >= 0.3 is 0 Å². The molecule has 0 spiro atoms. The molecule has 2 atom stereocenters. The quantitative estimate of drug-likeness (QED) is 0.882. The van der Waals surface area contributed by atoms with Crippen LogP contribution in [0.5, 0.6) is 0 Å². The molecule has 3 heterocycles. The fourth-order valence-corrected chi connectivity index (χ4v) is 3.32. The zero-order valence-electron chi connectivity index (χ0n) is 11.9. The standard InChI is InChI=1S/C15H17N3O3S/c19-8-11-3-5-18(7-13(11)20)15(21)12-9-22-14(17-12)10-2-1-4-16-6-10/h1-2,4,6,9,11,13,19-20H,3,5,7-8H2/t11-,13-/m1/s1. The molecule has 116 valence electrons. The number of hydrogen-bond donors (Lipinski definition) is 2. The molecule has 0 unspecified atom stereocenters. The van der Waals surface area contributed by atoms with Crippen molar-refractivity contribution in [1.29, 1.82) is 0 Å². The molecule has 0 bridgehead atoms. The van der Waals surface area contributed by atoms with Gasteiger partial charge in [0.15, 0.2) is 0 Å². The van der Waals surface area contributed by atoms with Crippen LogP contribution in [0.2, 0.25) is 0 Å². The van der Waals surface area contributed by atoms with Crippen LogP contribution in [-0.4, -0.2) is 56.8 Å². The van der Waals surface area contributed by atoms with Gasteiger partial charge in [-0.2, -0.15) is 0 Å². The van der Waals surface area contributed by atoms with Crippen molar-refractivity contribution in [2.45, 2.75) is 12.5 Å². The Kier molecular flexibility index (Phi) is 4.47. The molecule has 2 aromatic heterocycles. The molecule has 1 fully saturated rings. The number of pyridine rings is 1. The fourth-order valence-electron chi connectivity index (χ4n) is 2.53. The Morgan fingerprint density at radius 1 is 1.50 bits per heavy atom. The summed E-state index contributed by atoms with van der Waals surface area (Å²) in [6, 6.07) is 3.73. The third kappa shape index (κ3) is 3.01. The van der Waals surface area contributed by atoms with E-state index < -0.39 is 6.10 Å². The number of hydrogen-bond acceptors (Lipinski definition) is 6. The number of likely N-dealkylation sites (tertiary alicyclic amines) is 1. The Bertz CT molecular complexity index is 646. The predicted molar refractivity (Wildman–Crippen MR) is 82.4 cm³/mol. The number of carbonyl (C=O) groups excluding carboxylic acids is 1. The Balaban J connectivity index is 1.72. The van der Waals surface area contributed by atoms with E-state index in [9.17, 15) is 9.90 Å². The molecular weight excluding hydrogens is 302 g/mol. The van der Waals surface area contributed by atoms with Crippen molar-refractivity contribution >= 4 is 17.2 Å². The molecular formula is C15H17N3O3S. The van der Waals surface area contributed by atoms with E-state index in [4.69, 9.17) is 5.11 Å². The van der Waals surface area contributed by atoms with Crippen molar-refractivity contribution in [3.05, 3.63) is 35.6 Å². The van der Waals surface area contributed by atoms with Gasteiger partial charge in [-0.3, -0.25) is 9.78 Å². The van der Waals surface area contributed by atoms with E-state index in [0.29, 0.717) is 18.7 Å². The van der Waals surface area contributed by atoms with Crippen molar-refractivity contribution in [2.24, 2.45) is 5.92 Å². The first-order valence-corrected chi connectivity index (χ1v) is 8.01. The summed E-state index contributed by atoms with van der Waals surface area (Å²) in [4.78, 5) is 22.5. The van der Waals surface area contributed by atoms with E-state index in [2.05, 4.69) is 9.97 Å². The Morgan fingerprint density at radius 3 is 3.05 bits per heavy atom. The average Bonchev–Trinajstić information content (AvgIpc) is 3.05. The van der Waals surface area contributed by atoms with Gasteiger partial charge in [0.1, 0.15) is 10.7 Å². The van der Waals surface area contributed by atoms with Crippen LogP contribution in [0, 0.1) is 5.92 Å². The Morgan fingerprint density at radius 2 is 2.36 bits per heavy atom. The maximum Gasteiger partial charge on any atom is 0.273 e. The molecule has 1 aliphatic rings. The van der Waals surface area contributed by atoms with Crippen molar-refractivity contribution in [3.63, 3.8) is 0 Å². The first-order valence-electron chi connectivity index (χ1n) is 7.13. The summed E-state index contributed by atoms with van der Waals surface area (Å²) in [6.07, 6.45) is 3.32. The minimum absolute atomic E-state index is 0.0505. The minimum atomic E-state index is -0.681. The number of β-amino-alcohol motifs (C(OH)–C–C–N with tert-alkyl or cyclic N) is 1. The monoisotopic (exact) mass is 319 g/mol. The molecule has 22 heavy (non-hydrogen) atoms. The lowest BCUT2D eigenvalue weighted by Crippen LogP contribution is -2.47. The van der Waals surface area contributed by atoms with Gasteiger partial charge in [0.2, 0.25) is 0 Å². The minimum Gasteiger partial charge on any atom is -0.396 e. The molecule has 1 amide bonds. The van der Waals surface area contributed by atoms with Crippen LogP contribution in [0.4, 0.5) is 0 Å². The lowest BCUT2D eigenvalue weighted by Gasteiger charge is -2.34. The zero-order chi connectivity index (χ0) is 15.5. The predicted octanol–water partition coefficient (Wildman–Crippen LogP) is 1.02. The van der Waals surface area contributed by atoms with Crippen LogP contribution >= 0.6 is 11.3 Å². The van der Waals surface area contributed by atoms with E-state index in [0.717, 1.165) is 10.6 Å². The molecule has 2 aromatic rings. The van der Waals surface area contributed by atoms with Crippen LogP contribution in [0.3, 0.4) is 0 Å². The fraction of sp³-hybridized carbons (Fsp3) is 0.400. The number of aromatic nitrogens is 2. The van der Waals surface area contributed by atoms with E-state index >= 15 is 0 Å². The van der Waals surface area contributed by atoms with Crippen LogP contribution in [-0.2, 0) is 0 Å². The van der Waals surface area contributed by atoms with Gasteiger partial charge in [0, 0.05) is 49.0 Å². The number of piperidine rings is 1. The maximum absolute atomic E-state index is 12.5. The van der Waals surface area contributed by atoms with E-state index in [-0.39, 0.29) is 25.0 Å². The van der Waals surface area contributed by atoms with Crippen LogP contribution in [0.25, 0.3) is 10.6 Å². The molecule has 6 nitrogen and oxygen atoms in total. The van der Waals surface area contributed by atoms with Gasteiger partial charge in [-0.15, -0.1) is 11.3 Å². The Hall–Kier alpha value is -1.83. The number of carbonyl (C=O) groups is 1. The molecule has 3 rings (SSSR count). The van der Waals surface area contributed by atoms with E-state index in [1.807, 2.05) is 12.1 Å². The van der Waals surface area contributed by atoms with Gasteiger partial charge in [0.05, 0.1) is 6.10 Å². The third-order valence-corrected chi connectivity index (χ3v) is 4.77. The van der Waals surface area contributed by atoms with Crippen LogP contribution in [0.15, 0.2) is 29.9 Å². The first kappa shape index (κ1) is 15.1. The van der Waals surface area contributed by atoms with Gasteiger partial charge in [-0.05, 0) is 18.6 Å². The summed E-state index contributed by atoms with van der Waals surface area (Å²) < 4.78 is 0. The van der Waals surface area contributed by atoms with Gasteiger partial charge in [-0.25, -0.2) is 4.98 Å². The smallest absolute Gasteiger partial charge is 0.273 e. The van der Waals surface area contributed by atoms with Crippen molar-refractivity contribution in [3.8, 4) is 10.6 Å². The van der Waals surface area contributed by atoms with Gasteiger partial charge in [0.25, 0.3) is 5.91 Å². The first-order chi connectivity index (χ1) is 10.7. The highest BCUT2D eigenvalue weighted by molar-refractivity contribution is 7.13. The second kappa shape index (κ2) is 6.51. The summed E-state index contributed by atoms with van der Waals surface area (Å²) >= 11 is 1.40. The molecule has 0 radical (unpaired) electrons. The molecule has 0 aliphatic carbocycles. The highest BCUT2D eigenvalue weighted by atomic mass is 32.1. The highest BCUT2D eigenvalue weighted by Crippen LogP contribution is 2.24. The van der Waals surface area contributed by atoms with Crippen LogP contribution in [0.1, 0.15) is 16.9 Å². The molecule has 2 N–H and O–H groups in total. The number of nitrogens with zero attached hydrogens (tertiary/aromatic N) is 3. The summed E-state index contributed by atoms with van der Waals surface area (Å²) in [7, 11) is 0. The van der Waals surface area contributed by atoms with Gasteiger partial charge < -0.3 is 15.1 Å². The second-order valence-corrected chi connectivity index (χ2v) is 6.19. The normalized spacial score (nSPS) is 21.8. The third-order valence-electron chi connectivity index (χ3n) is 3.87. The number of amides is 1. The van der Waals surface area contributed by atoms with Crippen molar-refractivity contribution in [1.82, 2.24) is 14.9 Å². The molecule has 7 heteroatoms. The maximum atomic E-state index is 12.5. The van der Waals surface area contributed by atoms with Crippen molar-refractivity contribution < 1.29 is 15.0 Å². The van der Waals surface area contributed by atoms with E-state index in [1.165, 1.54) is 11.3 Å². The second-order valence-electron chi connectivity index (χ2n) is 5.33. The summed E-state index contributed by atoms with van der Waals surface area (Å²) in [5.74, 6) is -0.327. The lowest BCUT2D eigenvalue weighted by atomic mass is 9.94. The van der Waals surface area contributed by atoms with Gasteiger partial charge in [-0.1, -0.05) is 0 Å². The molecule has 1 aliphatic heterocycles. The molecule has 1 saturated heterocycles. The summed E-state index contributed by atoms with van der Waals surface area (Å²) in [5, 5.41) is 21.6. The number of aliphatic hydroxyl groups is 2. The lowest BCUT2D eigenvalue weighted by molar-refractivity contribution is 0.000694. The zero-order valence-corrected chi connectivity index (χ0v) is 12.7. The topological polar surface area (TPSA) is 86.6 Å². The average molecular weight is 319 g/mol. The SMILES string of the molecule is O=C(c1csc(-c2cccnc2)n1)N1CC[C@H](CO)[C@H](O)C1. The summed E-state index contributed by atoms with van der Waals surface area (Å²) in [6.45, 7) is 0.718. The number of thiazole rings is 1. The number of rotatable bonds is 3. The highest BCUT2D eigenvalue weighted by Gasteiger charge is 2.30. The number of aliphatic hydroxyl groups excluding tert-OH is 2. The largest absolute Gasteiger partial charge is 0.396 e. The van der Waals surface area contributed by atoms with Crippen molar-refractivity contribution in [2.75, 3.05) is 19.7 Å². The Labute approximate surface area is 132 Å².